The van der Waals surface area contributed by atoms with Crippen molar-refractivity contribution in [3.63, 3.8) is 0 Å². The van der Waals surface area contributed by atoms with Gasteiger partial charge in [0, 0.05) is 19.2 Å². The molecule has 0 spiro atoms. The number of piperidine rings is 1. The first-order chi connectivity index (χ1) is 8.75. The normalized spacial score (nSPS) is 33.1. The Morgan fingerprint density at radius 1 is 1.33 bits per heavy atom. The van der Waals surface area contributed by atoms with Gasteiger partial charge in [0.25, 0.3) is 0 Å². The van der Waals surface area contributed by atoms with Crippen LogP contribution in [0.4, 0.5) is 0 Å². The number of hydrogen-bond acceptors (Lipinski definition) is 3. The summed E-state index contributed by atoms with van der Waals surface area (Å²) < 4.78 is 5.59. The van der Waals surface area contributed by atoms with E-state index in [-0.39, 0.29) is 12.0 Å². The van der Waals surface area contributed by atoms with E-state index in [9.17, 15) is 4.79 Å². The smallest absolute Gasteiger partial charge is 0.222 e. The molecule has 2 aliphatic heterocycles. The maximum atomic E-state index is 11.8. The number of nitrogens with one attached hydrogen (secondary N) is 2. The lowest BCUT2D eigenvalue weighted by Crippen LogP contribution is -2.48. The van der Waals surface area contributed by atoms with E-state index in [1.807, 2.05) is 0 Å². The van der Waals surface area contributed by atoms with E-state index in [1.165, 1.54) is 19.3 Å². The Bertz CT molecular complexity index is 265. The van der Waals surface area contributed by atoms with Crippen LogP contribution in [0.15, 0.2) is 0 Å². The van der Waals surface area contributed by atoms with Gasteiger partial charge in [-0.15, -0.1) is 0 Å². The van der Waals surface area contributed by atoms with Crippen LogP contribution < -0.4 is 10.6 Å². The fourth-order valence-electron chi connectivity index (χ4n) is 2.86. The summed E-state index contributed by atoms with van der Waals surface area (Å²) in [5, 5.41) is 6.53. The summed E-state index contributed by atoms with van der Waals surface area (Å²) >= 11 is 0. The van der Waals surface area contributed by atoms with Crippen molar-refractivity contribution < 1.29 is 9.53 Å². The molecule has 4 nitrogen and oxygen atoms in total. The molecule has 2 N–H and O–H groups in total. The largest absolute Gasteiger partial charge is 0.378 e. The molecule has 0 saturated carbocycles. The van der Waals surface area contributed by atoms with Gasteiger partial charge in [0.05, 0.1) is 12.5 Å². The predicted octanol–water partition coefficient (Wildman–Crippen LogP) is 1.45. The molecular formula is C14H26N2O2. The summed E-state index contributed by atoms with van der Waals surface area (Å²) in [6, 6.07) is 0.440. The Morgan fingerprint density at radius 2 is 2.22 bits per heavy atom. The fourth-order valence-corrected chi connectivity index (χ4v) is 2.86. The summed E-state index contributed by atoms with van der Waals surface area (Å²) in [4.78, 5) is 11.8. The van der Waals surface area contributed by atoms with Crippen LogP contribution in [0.3, 0.4) is 0 Å². The third-order valence-electron chi connectivity index (χ3n) is 4.14. The van der Waals surface area contributed by atoms with Crippen molar-refractivity contribution in [2.45, 2.75) is 57.6 Å². The van der Waals surface area contributed by atoms with Crippen LogP contribution in [-0.2, 0) is 9.53 Å². The third kappa shape index (κ3) is 4.25. The van der Waals surface area contributed by atoms with Gasteiger partial charge in [0.15, 0.2) is 0 Å². The van der Waals surface area contributed by atoms with Gasteiger partial charge in [0.1, 0.15) is 0 Å². The van der Waals surface area contributed by atoms with Crippen molar-refractivity contribution in [2.75, 3.05) is 19.7 Å². The second kappa shape index (κ2) is 7.10. The van der Waals surface area contributed by atoms with Crippen molar-refractivity contribution in [3.8, 4) is 0 Å². The zero-order valence-electron chi connectivity index (χ0n) is 11.4. The molecule has 2 heterocycles. The molecule has 0 aromatic rings. The Hall–Kier alpha value is -0.610. The number of rotatable bonds is 4. The van der Waals surface area contributed by atoms with E-state index in [0.717, 1.165) is 32.5 Å². The minimum atomic E-state index is 0.140. The topological polar surface area (TPSA) is 50.4 Å². The molecule has 1 amide bonds. The zero-order chi connectivity index (χ0) is 12.8. The molecule has 0 aliphatic carbocycles. The number of carbonyl (C=O) groups excluding carboxylic acids is 1. The van der Waals surface area contributed by atoms with Gasteiger partial charge in [-0.05, 0) is 44.6 Å². The van der Waals surface area contributed by atoms with Crippen molar-refractivity contribution >= 4 is 5.91 Å². The minimum Gasteiger partial charge on any atom is -0.378 e. The molecule has 2 saturated heterocycles. The van der Waals surface area contributed by atoms with Gasteiger partial charge >= 0.3 is 0 Å². The number of amides is 1. The molecule has 3 atom stereocenters. The molecule has 2 rings (SSSR count). The summed E-state index contributed by atoms with van der Waals surface area (Å²) in [5.74, 6) is 0.798. The van der Waals surface area contributed by atoms with Gasteiger partial charge in [-0.25, -0.2) is 0 Å². The second-order valence-electron chi connectivity index (χ2n) is 5.68. The van der Waals surface area contributed by atoms with Crippen molar-refractivity contribution in [1.82, 2.24) is 10.6 Å². The van der Waals surface area contributed by atoms with E-state index < -0.39 is 0 Å². The third-order valence-corrected chi connectivity index (χ3v) is 4.14. The average Bonchev–Trinajstić information content (AvgIpc) is 2.39. The quantitative estimate of drug-likeness (QED) is 0.798. The SMILES string of the molecule is CC1CCCNC1CNC(=O)CC1CCCCO1. The van der Waals surface area contributed by atoms with Crippen molar-refractivity contribution in [2.24, 2.45) is 5.92 Å². The summed E-state index contributed by atoms with van der Waals surface area (Å²) in [5.41, 5.74) is 0. The maximum Gasteiger partial charge on any atom is 0.222 e. The van der Waals surface area contributed by atoms with Crippen molar-refractivity contribution in [3.05, 3.63) is 0 Å². The highest BCUT2D eigenvalue weighted by molar-refractivity contribution is 5.76. The van der Waals surface area contributed by atoms with Crippen molar-refractivity contribution in [1.29, 1.82) is 0 Å². The Kier molecular flexibility index (Phi) is 5.45. The first-order valence-corrected chi connectivity index (χ1v) is 7.37. The van der Waals surface area contributed by atoms with Crippen LogP contribution in [0, 0.1) is 5.92 Å². The van der Waals surface area contributed by atoms with E-state index in [0.29, 0.717) is 18.4 Å². The first kappa shape index (κ1) is 13.8. The van der Waals surface area contributed by atoms with E-state index in [2.05, 4.69) is 17.6 Å². The Morgan fingerprint density at radius 3 is 2.94 bits per heavy atom. The first-order valence-electron chi connectivity index (χ1n) is 7.37. The van der Waals surface area contributed by atoms with E-state index >= 15 is 0 Å². The lowest BCUT2D eigenvalue weighted by molar-refractivity contribution is -0.125. The van der Waals surface area contributed by atoms with Crippen LogP contribution in [0.25, 0.3) is 0 Å². The Labute approximate surface area is 110 Å². The van der Waals surface area contributed by atoms with Gasteiger partial charge < -0.3 is 15.4 Å². The summed E-state index contributed by atoms with van der Waals surface area (Å²) in [7, 11) is 0. The molecule has 2 fully saturated rings. The van der Waals surface area contributed by atoms with Gasteiger partial charge in [-0.1, -0.05) is 6.92 Å². The summed E-state index contributed by atoms with van der Waals surface area (Å²) in [6.45, 7) is 4.91. The lowest BCUT2D eigenvalue weighted by Gasteiger charge is -2.30. The molecule has 0 radical (unpaired) electrons. The molecular weight excluding hydrogens is 228 g/mol. The Balaban J connectivity index is 1.64. The summed E-state index contributed by atoms with van der Waals surface area (Å²) in [6.07, 6.45) is 6.56. The monoisotopic (exact) mass is 254 g/mol. The molecule has 0 aromatic carbocycles. The van der Waals surface area contributed by atoms with Gasteiger partial charge in [0.2, 0.25) is 5.91 Å². The van der Waals surface area contributed by atoms with Crippen LogP contribution >= 0.6 is 0 Å². The highest BCUT2D eigenvalue weighted by atomic mass is 16.5. The fraction of sp³-hybridized carbons (Fsp3) is 0.929. The minimum absolute atomic E-state index is 0.140. The average molecular weight is 254 g/mol. The standard InChI is InChI=1S/C14H26N2O2/c1-11-5-4-7-15-13(11)10-16-14(17)9-12-6-2-3-8-18-12/h11-13,15H,2-10H2,1H3,(H,16,17). The van der Waals surface area contributed by atoms with E-state index in [1.54, 1.807) is 0 Å². The maximum absolute atomic E-state index is 11.8. The molecule has 0 bridgehead atoms. The zero-order valence-corrected chi connectivity index (χ0v) is 11.4. The number of ether oxygens (including phenoxy) is 1. The number of carbonyl (C=O) groups is 1. The van der Waals surface area contributed by atoms with E-state index in [4.69, 9.17) is 4.74 Å². The predicted molar refractivity (Wildman–Crippen MR) is 71.4 cm³/mol. The van der Waals surface area contributed by atoms with Crippen LogP contribution in [-0.4, -0.2) is 37.7 Å². The van der Waals surface area contributed by atoms with Crippen LogP contribution in [0.1, 0.15) is 45.4 Å². The molecule has 3 unspecified atom stereocenters. The van der Waals surface area contributed by atoms with Gasteiger partial charge in [-0.3, -0.25) is 4.79 Å². The highest BCUT2D eigenvalue weighted by Crippen LogP contribution is 2.16. The molecule has 2 aliphatic rings. The highest BCUT2D eigenvalue weighted by Gasteiger charge is 2.22. The molecule has 4 heteroatoms. The molecule has 104 valence electrons. The van der Waals surface area contributed by atoms with Crippen LogP contribution in [0.2, 0.25) is 0 Å². The lowest BCUT2D eigenvalue weighted by atomic mass is 9.93. The molecule has 0 aromatic heterocycles. The number of hydrogen-bond donors (Lipinski definition) is 2. The van der Waals surface area contributed by atoms with Gasteiger partial charge in [-0.2, -0.15) is 0 Å². The van der Waals surface area contributed by atoms with Crippen LogP contribution in [0.5, 0.6) is 0 Å². The molecule has 18 heavy (non-hydrogen) atoms. The second-order valence-corrected chi connectivity index (χ2v) is 5.68.